The molecule has 2 heterocycles. The zero-order valence-electron chi connectivity index (χ0n) is 15.3. The standard InChI is InChI=1S/C22H27N3O/c1-16(17-6-3-2-4-7-17)25-12-9-19(10-13-25)24-22(26)21-14-20(21)18-8-5-11-23-15-18/h2-8,11,15-16,19-21H,9-10,12-14H2,1H3,(H,24,26)/t16-,20-,21-/m1/s1. The molecule has 0 bridgehead atoms. The molecule has 1 saturated carbocycles. The van der Waals surface area contributed by atoms with Gasteiger partial charge in [0.25, 0.3) is 0 Å². The molecule has 1 amide bonds. The van der Waals surface area contributed by atoms with Crippen molar-refractivity contribution in [2.24, 2.45) is 5.92 Å². The van der Waals surface area contributed by atoms with Crippen molar-refractivity contribution in [2.45, 2.75) is 44.2 Å². The number of hydrogen-bond acceptors (Lipinski definition) is 3. The summed E-state index contributed by atoms with van der Waals surface area (Å²) in [6.07, 6.45) is 6.70. The topological polar surface area (TPSA) is 45.2 Å². The molecular formula is C22H27N3O. The second-order valence-corrected chi connectivity index (χ2v) is 7.64. The van der Waals surface area contributed by atoms with Crippen molar-refractivity contribution in [1.29, 1.82) is 0 Å². The average Bonchev–Trinajstić information content (AvgIpc) is 3.50. The number of carbonyl (C=O) groups excluding carboxylic acids is 1. The van der Waals surface area contributed by atoms with Gasteiger partial charge >= 0.3 is 0 Å². The lowest BCUT2D eigenvalue weighted by atomic mass is 10.00. The first-order chi connectivity index (χ1) is 12.7. The van der Waals surface area contributed by atoms with Gasteiger partial charge in [-0.15, -0.1) is 0 Å². The van der Waals surface area contributed by atoms with Crippen LogP contribution in [0.5, 0.6) is 0 Å². The average molecular weight is 349 g/mol. The number of piperidine rings is 1. The minimum Gasteiger partial charge on any atom is -0.353 e. The van der Waals surface area contributed by atoms with Crippen molar-refractivity contribution < 1.29 is 4.79 Å². The van der Waals surface area contributed by atoms with Gasteiger partial charge in [-0.3, -0.25) is 14.7 Å². The van der Waals surface area contributed by atoms with Gasteiger partial charge in [-0.1, -0.05) is 36.4 Å². The molecule has 1 N–H and O–H groups in total. The highest BCUT2D eigenvalue weighted by Gasteiger charge is 2.44. The Morgan fingerprint density at radius 3 is 2.62 bits per heavy atom. The number of likely N-dealkylation sites (tertiary alicyclic amines) is 1. The summed E-state index contributed by atoms with van der Waals surface area (Å²) >= 11 is 0. The molecule has 4 rings (SSSR count). The zero-order chi connectivity index (χ0) is 17.9. The second-order valence-electron chi connectivity index (χ2n) is 7.64. The van der Waals surface area contributed by atoms with Crippen molar-refractivity contribution in [3.8, 4) is 0 Å². The molecule has 4 nitrogen and oxygen atoms in total. The Morgan fingerprint density at radius 1 is 1.15 bits per heavy atom. The first-order valence-electron chi connectivity index (χ1n) is 9.71. The number of pyridine rings is 1. The van der Waals surface area contributed by atoms with Gasteiger partial charge in [0.1, 0.15) is 0 Å². The summed E-state index contributed by atoms with van der Waals surface area (Å²) in [7, 11) is 0. The summed E-state index contributed by atoms with van der Waals surface area (Å²) in [4.78, 5) is 19.2. The molecule has 0 unspecified atom stereocenters. The van der Waals surface area contributed by atoms with E-state index in [1.54, 1.807) is 6.20 Å². The van der Waals surface area contributed by atoms with Crippen LogP contribution in [0.4, 0.5) is 0 Å². The quantitative estimate of drug-likeness (QED) is 0.898. The summed E-state index contributed by atoms with van der Waals surface area (Å²) in [5.74, 6) is 0.732. The van der Waals surface area contributed by atoms with Gasteiger partial charge in [0.15, 0.2) is 0 Å². The van der Waals surface area contributed by atoms with E-state index in [0.29, 0.717) is 18.0 Å². The van der Waals surface area contributed by atoms with Crippen LogP contribution in [0, 0.1) is 5.92 Å². The van der Waals surface area contributed by atoms with Gasteiger partial charge in [0.2, 0.25) is 5.91 Å². The summed E-state index contributed by atoms with van der Waals surface area (Å²) < 4.78 is 0. The van der Waals surface area contributed by atoms with Crippen molar-refractivity contribution in [1.82, 2.24) is 15.2 Å². The number of nitrogens with one attached hydrogen (secondary N) is 1. The minimum absolute atomic E-state index is 0.139. The third-order valence-corrected chi connectivity index (χ3v) is 5.95. The lowest BCUT2D eigenvalue weighted by Crippen LogP contribution is -2.45. The lowest BCUT2D eigenvalue weighted by Gasteiger charge is -2.36. The number of carbonyl (C=O) groups is 1. The molecule has 0 radical (unpaired) electrons. The maximum atomic E-state index is 12.5. The van der Waals surface area contributed by atoms with Crippen LogP contribution in [0.15, 0.2) is 54.9 Å². The summed E-state index contributed by atoms with van der Waals surface area (Å²) in [5.41, 5.74) is 2.56. The molecule has 136 valence electrons. The molecule has 1 aromatic heterocycles. The van der Waals surface area contributed by atoms with Crippen LogP contribution in [0.3, 0.4) is 0 Å². The largest absolute Gasteiger partial charge is 0.353 e. The molecule has 0 spiro atoms. The SMILES string of the molecule is C[C@H](c1ccccc1)N1CCC(NC(=O)[C@@H]2C[C@@H]2c2cccnc2)CC1. The van der Waals surface area contributed by atoms with Gasteiger partial charge in [0.05, 0.1) is 0 Å². The Morgan fingerprint density at radius 2 is 1.92 bits per heavy atom. The fourth-order valence-corrected chi connectivity index (χ4v) is 4.13. The van der Waals surface area contributed by atoms with E-state index in [9.17, 15) is 4.79 Å². The van der Waals surface area contributed by atoms with Gasteiger partial charge in [-0.05, 0) is 49.3 Å². The lowest BCUT2D eigenvalue weighted by molar-refractivity contribution is -0.123. The molecular weight excluding hydrogens is 322 g/mol. The highest BCUT2D eigenvalue weighted by atomic mass is 16.2. The summed E-state index contributed by atoms with van der Waals surface area (Å²) in [6, 6.07) is 15.5. The fourth-order valence-electron chi connectivity index (χ4n) is 4.13. The Labute approximate surface area is 155 Å². The molecule has 4 heteroatoms. The maximum absolute atomic E-state index is 12.5. The maximum Gasteiger partial charge on any atom is 0.223 e. The molecule has 3 atom stereocenters. The normalized spacial score (nSPS) is 24.8. The molecule has 2 aliphatic rings. The van der Waals surface area contributed by atoms with Gasteiger partial charge in [-0.25, -0.2) is 0 Å². The smallest absolute Gasteiger partial charge is 0.223 e. The van der Waals surface area contributed by atoms with Gasteiger partial charge in [0, 0.05) is 43.5 Å². The van der Waals surface area contributed by atoms with Crippen molar-refractivity contribution in [3.63, 3.8) is 0 Å². The number of rotatable bonds is 5. The fraction of sp³-hybridized carbons (Fsp3) is 0.455. The monoisotopic (exact) mass is 349 g/mol. The van der Waals surface area contributed by atoms with E-state index in [0.717, 1.165) is 32.4 Å². The van der Waals surface area contributed by atoms with E-state index in [-0.39, 0.29) is 11.8 Å². The van der Waals surface area contributed by atoms with Crippen molar-refractivity contribution >= 4 is 5.91 Å². The number of hydrogen-bond donors (Lipinski definition) is 1. The van der Waals surface area contributed by atoms with Crippen LogP contribution in [-0.4, -0.2) is 34.9 Å². The molecule has 2 aromatic rings. The molecule has 1 aliphatic heterocycles. The van der Waals surface area contributed by atoms with Crippen LogP contribution >= 0.6 is 0 Å². The van der Waals surface area contributed by atoms with E-state index in [2.05, 4.69) is 58.5 Å². The summed E-state index contributed by atoms with van der Waals surface area (Å²) in [6.45, 7) is 4.35. The Kier molecular flexibility index (Phi) is 5.02. The van der Waals surface area contributed by atoms with Gasteiger partial charge in [-0.2, -0.15) is 0 Å². The number of benzene rings is 1. The van der Waals surface area contributed by atoms with Crippen LogP contribution in [0.2, 0.25) is 0 Å². The zero-order valence-corrected chi connectivity index (χ0v) is 15.3. The Hall–Kier alpha value is -2.20. The molecule has 1 aliphatic carbocycles. The molecule has 1 aromatic carbocycles. The Bertz CT molecular complexity index is 726. The van der Waals surface area contributed by atoms with Crippen LogP contribution < -0.4 is 5.32 Å². The molecule has 2 fully saturated rings. The molecule has 26 heavy (non-hydrogen) atoms. The van der Waals surface area contributed by atoms with E-state index >= 15 is 0 Å². The van der Waals surface area contributed by atoms with E-state index in [1.165, 1.54) is 11.1 Å². The highest BCUT2D eigenvalue weighted by molar-refractivity contribution is 5.83. The number of nitrogens with zero attached hydrogens (tertiary/aromatic N) is 2. The van der Waals surface area contributed by atoms with E-state index in [4.69, 9.17) is 0 Å². The van der Waals surface area contributed by atoms with E-state index in [1.807, 2.05) is 12.3 Å². The van der Waals surface area contributed by atoms with Crippen molar-refractivity contribution in [2.75, 3.05) is 13.1 Å². The second kappa shape index (κ2) is 7.58. The third kappa shape index (κ3) is 3.80. The predicted molar refractivity (Wildman–Crippen MR) is 103 cm³/mol. The van der Waals surface area contributed by atoms with Crippen LogP contribution in [0.25, 0.3) is 0 Å². The van der Waals surface area contributed by atoms with Crippen LogP contribution in [0.1, 0.15) is 49.3 Å². The van der Waals surface area contributed by atoms with Gasteiger partial charge < -0.3 is 5.32 Å². The van der Waals surface area contributed by atoms with Crippen molar-refractivity contribution in [3.05, 3.63) is 66.0 Å². The van der Waals surface area contributed by atoms with Crippen LogP contribution in [-0.2, 0) is 4.79 Å². The number of amides is 1. The number of aromatic nitrogens is 1. The first-order valence-corrected chi connectivity index (χ1v) is 9.71. The minimum atomic E-state index is 0.139. The summed E-state index contributed by atoms with van der Waals surface area (Å²) in [5, 5.41) is 3.29. The third-order valence-electron chi connectivity index (χ3n) is 5.95. The predicted octanol–water partition coefficient (Wildman–Crippen LogP) is 3.53. The Balaban J connectivity index is 1.25. The first kappa shape index (κ1) is 17.2. The molecule has 1 saturated heterocycles. The van der Waals surface area contributed by atoms with E-state index < -0.39 is 0 Å². The highest BCUT2D eigenvalue weighted by Crippen LogP contribution is 2.47.